The van der Waals surface area contributed by atoms with E-state index in [9.17, 15) is 8.78 Å². The fourth-order valence-corrected chi connectivity index (χ4v) is 1.48. The van der Waals surface area contributed by atoms with Crippen molar-refractivity contribution in [3.8, 4) is 12.3 Å². The average molecular weight is 272 g/mol. The second-order valence-corrected chi connectivity index (χ2v) is 3.91. The molecule has 0 bridgehead atoms. The van der Waals surface area contributed by atoms with E-state index in [1.54, 1.807) is 5.92 Å². The van der Waals surface area contributed by atoms with E-state index in [0.717, 1.165) is 6.42 Å². The standard InChI is InChI=1S/C15H22F2O2/c1-4-14(16)15(17)13(12-18-3)10-8-6-7-9-11-19-5-2/h1,6-7,14H,5,8-12H2,2-3H3/b7-6?,15-13-. The molecule has 0 aromatic heterocycles. The van der Waals surface area contributed by atoms with Crippen molar-refractivity contribution < 1.29 is 18.3 Å². The molecule has 0 aliphatic carbocycles. The van der Waals surface area contributed by atoms with E-state index < -0.39 is 12.0 Å². The van der Waals surface area contributed by atoms with E-state index >= 15 is 0 Å². The normalized spacial score (nSPS) is 14.3. The summed E-state index contributed by atoms with van der Waals surface area (Å²) in [4.78, 5) is 0. The first-order chi connectivity index (χ1) is 9.17. The van der Waals surface area contributed by atoms with Crippen LogP contribution in [-0.2, 0) is 9.47 Å². The van der Waals surface area contributed by atoms with Gasteiger partial charge in [-0.3, -0.25) is 0 Å². The van der Waals surface area contributed by atoms with Gasteiger partial charge in [0.25, 0.3) is 0 Å². The SMILES string of the molecule is C#CC(F)/C(F)=C(\CCC=CCCOCC)COC. The zero-order chi connectivity index (χ0) is 14.5. The summed E-state index contributed by atoms with van der Waals surface area (Å²) in [6.07, 6.45) is 8.60. The number of allylic oxidation sites excluding steroid dienone is 2. The summed E-state index contributed by atoms with van der Waals surface area (Å²) in [6, 6.07) is 0. The van der Waals surface area contributed by atoms with Crippen molar-refractivity contribution in [1.82, 2.24) is 0 Å². The van der Waals surface area contributed by atoms with Crippen molar-refractivity contribution in [3.63, 3.8) is 0 Å². The number of ether oxygens (including phenoxy) is 2. The molecule has 0 radical (unpaired) electrons. The Labute approximate surface area is 114 Å². The second-order valence-electron chi connectivity index (χ2n) is 3.91. The molecule has 0 aliphatic heterocycles. The third kappa shape index (κ3) is 8.52. The summed E-state index contributed by atoms with van der Waals surface area (Å²) >= 11 is 0. The van der Waals surface area contributed by atoms with Gasteiger partial charge in [0.2, 0.25) is 6.17 Å². The molecule has 0 saturated heterocycles. The number of hydrogen-bond donors (Lipinski definition) is 0. The number of rotatable bonds is 10. The fourth-order valence-electron chi connectivity index (χ4n) is 1.48. The molecular formula is C15H22F2O2. The van der Waals surface area contributed by atoms with Gasteiger partial charge in [0, 0.05) is 20.3 Å². The lowest BCUT2D eigenvalue weighted by atomic mass is 10.1. The first-order valence-corrected chi connectivity index (χ1v) is 6.36. The Bertz CT molecular complexity index is 330. The van der Waals surface area contributed by atoms with Crippen LogP contribution in [0, 0.1) is 12.3 Å². The Morgan fingerprint density at radius 3 is 2.63 bits per heavy atom. The predicted octanol–water partition coefficient (Wildman–Crippen LogP) is 3.59. The molecule has 0 aromatic rings. The minimum Gasteiger partial charge on any atom is -0.381 e. The molecule has 0 heterocycles. The third-order valence-corrected chi connectivity index (χ3v) is 2.44. The lowest BCUT2D eigenvalue weighted by molar-refractivity contribution is 0.152. The highest BCUT2D eigenvalue weighted by Gasteiger charge is 2.14. The molecule has 0 spiro atoms. The molecule has 0 saturated carbocycles. The topological polar surface area (TPSA) is 18.5 Å². The van der Waals surface area contributed by atoms with Gasteiger partial charge in [0.1, 0.15) is 5.83 Å². The summed E-state index contributed by atoms with van der Waals surface area (Å²) in [6.45, 7) is 3.36. The van der Waals surface area contributed by atoms with Crippen molar-refractivity contribution in [2.24, 2.45) is 0 Å². The minimum absolute atomic E-state index is 0.0563. The van der Waals surface area contributed by atoms with Gasteiger partial charge in [-0.1, -0.05) is 18.1 Å². The molecule has 4 heteroatoms. The van der Waals surface area contributed by atoms with Crippen molar-refractivity contribution in [1.29, 1.82) is 0 Å². The molecule has 0 aliphatic rings. The molecule has 108 valence electrons. The van der Waals surface area contributed by atoms with Crippen LogP contribution in [0.2, 0.25) is 0 Å². The molecule has 0 amide bonds. The van der Waals surface area contributed by atoms with Crippen LogP contribution >= 0.6 is 0 Å². The Morgan fingerprint density at radius 2 is 2.05 bits per heavy atom. The molecule has 1 unspecified atom stereocenters. The summed E-state index contributed by atoms with van der Waals surface area (Å²) in [7, 11) is 1.44. The zero-order valence-electron chi connectivity index (χ0n) is 11.6. The highest BCUT2D eigenvalue weighted by atomic mass is 19.2. The van der Waals surface area contributed by atoms with Crippen molar-refractivity contribution >= 4 is 0 Å². The monoisotopic (exact) mass is 272 g/mol. The second kappa shape index (κ2) is 11.9. The van der Waals surface area contributed by atoms with Gasteiger partial charge < -0.3 is 9.47 Å². The molecule has 2 nitrogen and oxygen atoms in total. The lowest BCUT2D eigenvalue weighted by Crippen LogP contribution is -2.05. The lowest BCUT2D eigenvalue weighted by Gasteiger charge is -2.08. The molecule has 0 N–H and O–H groups in total. The maximum Gasteiger partial charge on any atom is 0.211 e. The molecule has 0 aromatic carbocycles. The van der Waals surface area contributed by atoms with Crippen LogP contribution in [0.15, 0.2) is 23.6 Å². The molecule has 19 heavy (non-hydrogen) atoms. The average Bonchev–Trinajstić information content (AvgIpc) is 2.43. The highest BCUT2D eigenvalue weighted by Crippen LogP contribution is 2.18. The van der Waals surface area contributed by atoms with Crippen LogP contribution in [-0.4, -0.2) is 33.1 Å². The number of hydrogen-bond acceptors (Lipinski definition) is 2. The quantitative estimate of drug-likeness (QED) is 0.344. The maximum absolute atomic E-state index is 13.6. The number of alkyl halides is 1. The van der Waals surface area contributed by atoms with E-state index in [0.29, 0.717) is 26.1 Å². The van der Waals surface area contributed by atoms with Crippen LogP contribution in [0.25, 0.3) is 0 Å². The van der Waals surface area contributed by atoms with Gasteiger partial charge in [0.15, 0.2) is 0 Å². The highest BCUT2D eigenvalue weighted by molar-refractivity contribution is 5.20. The Morgan fingerprint density at radius 1 is 1.37 bits per heavy atom. The van der Waals surface area contributed by atoms with Crippen LogP contribution < -0.4 is 0 Å². The third-order valence-electron chi connectivity index (χ3n) is 2.44. The van der Waals surface area contributed by atoms with Gasteiger partial charge in [-0.05, 0) is 31.8 Å². The molecule has 0 fully saturated rings. The molecular weight excluding hydrogens is 250 g/mol. The van der Waals surface area contributed by atoms with E-state index in [2.05, 4.69) is 0 Å². The zero-order valence-corrected chi connectivity index (χ0v) is 11.6. The minimum atomic E-state index is -1.98. The van der Waals surface area contributed by atoms with Crippen molar-refractivity contribution in [3.05, 3.63) is 23.6 Å². The van der Waals surface area contributed by atoms with E-state index in [4.69, 9.17) is 15.9 Å². The summed E-state index contributed by atoms with van der Waals surface area (Å²) in [5, 5.41) is 0. The van der Waals surface area contributed by atoms with Crippen LogP contribution in [0.4, 0.5) is 8.78 Å². The molecule has 1 atom stereocenters. The van der Waals surface area contributed by atoms with Gasteiger partial charge >= 0.3 is 0 Å². The van der Waals surface area contributed by atoms with Gasteiger partial charge in [-0.2, -0.15) is 0 Å². The first-order valence-electron chi connectivity index (χ1n) is 6.36. The summed E-state index contributed by atoms with van der Waals surface area (Å²) < 4.78 is 36.6. The van der Waals surface area contributed by atoms with Gasteiger partial charge in [-0.15, -0.1) is 6.42 Å². The Hall–Kier alpha value is -1.18. The summed E-state index contributed by atoms with van der Waals surface area (Å²) in [5.41, 5.74) is 0.280. The van der Waals surface area contributed by atoms with Crippen LogP contribution in [0.3, 0.4) is 0 Å². The van der Waals surface area contributed by atoms with Crippen LogP contribution in [0.1, 0.15) is 26.2 Å². The van der Waals surface area contributed by atoms with Gasteiger partial charge in [-0.25, -0.2) is 8.78 Å². The smallest absolute Gasteiger partial charge is 0.211 e. The number of halogens is 2. The summed E-state index contributed by atoms with van der Waals surface area (Å²) in [5.74, 6) is 0.842. The molecule has 0 rings (SSSR count). The number of terminal acetylenes is 1. The first kappa shape index (κ1) is 17.8. The Balaban J connectivity index is 4.19. The fraction of sp³-hybridized carbons (Fsp3) is 0.600. The van der Waals surface area contributed by atoms with E-state index in [1.807, 2.05) is 19.1 Å². The van der Waals surface area contributed by atoms with Crippen molar-refractivity contribution in [2.45, 2.75) is 32.4 Å². The largest absolute Gasteiger partial charge is 0.381 e. The predicted molar refractivity (Wildman–Crippen MR) is 73.2 cm³/mol. The van der Waals surface area contributed by atoms with Crippen LogP contribution in [0.5, 0.6) is 0 Å². The van der Waals surface area contributed by atoms with Crippen molar-refractivity contribution in [2.75, 3.05) is 26.9 Å². The van der Waals surface area contributed by atoms with Gasteiger partial charge in [0.05, 0.1) is 6.61 Å². The van der Waals surface area contributed by atoms with E-state index in [-0.39, 0.29) is 12.2 Å². The maximum atomic E-state index is 13.6. The Kier molecular flexibility index (Phi) is 11.1. The van der Waals surface area contributed by atoms with E-state index in [1.165, 1.54) is 7.11 Å². The number of methoxy groups -OCH3 is 1.